The molecule has 3 atom stereocenters. The summed E-state index contributed by atoms with van der Waals surface area (Å²) in [6, 6.07) is 10.0. The highest BCUT2D eigenvalue weighted by Crippen LogP contribution is 2.59. The quantitative estimate of drug-likeness (QED) is 0.717. The van der Waals surface area contributed by atoms with Crippen LogP contribution in [-0.4, -0.2) is 21.3 Å². The fourth-order valence-electron chi connectivity index (χ4n) is 5.24. The summed E-state index contributed by atoms with van der Waals surface area (Å²) < 4.78 is 16.6. The third-order valence-corrected chi connectivity index (χ3v) is 7.17. The third kappa shape index (κ3) is 3.66. The van der Waals surface area contributed by atoms with Crippen LogP contribution < -0.4 is 19.9 Å². The number of hydrogen-bond acceptors (Lipinski definition) is 7. The molecule has 0 amide bonds. The molecule has 1 aromatic rings. The van der Waals surface area contributed by atoms with Crippen molar-refractivity contribution in [2.75, 3.05) is 21.3 Å². The lowest BCUT2D eigenvalue weighted by molar-refractivity contribution is 0.169. The zero-order chi connectivity index (χ0) is 24.6. The minimum absolute atomic E-state index is 0.00598. The molecule has 0 saturated carbocycles. The van der Waals surface area contributed by atoms with Gasteiger partial charge in [-0.25, -0.2) is 0 Å². The Bertz CT molecular complexity index is 1120. The van der Waals surface area contributed by atoms with Crippen molar-refractivity contribution in [2.45, 2.75) is 39.5 Å². The van der Waals surface area contributed by atoms with E-state index in [1.807, 2.05) is 0 Å². The van der Waals surface area contributed by atoms with Crippen molar-refractivity contribution in [3.05, 3.63) is 40.6 Å². The molecule has 0 bridgehead atoms. The van der Waals surface area contributed by atoms with Crippen molar-refractivity contribution in [1.29, 1.82) is 15.8 Å². The summed E-state index contributed by atoms with van der Waals surface area (Å²) in [6.07, 6.45) is 3.57. The summed E-state index contributed by atoms with van der Waals surface area (Å²) in [7, 11) is 4.59. The van der Waals surface area contributed by atoms with Crippen molar-refractivity contribution in [3.8, 4) is 35.5 Å². The van der Waals surface area contributed by atoms with Gasteiger partial charge in [0.25, 0.3) is 0 Å². The van der Waals surface area contributed by atoms with E-state index < -0.39 is 11.3 Å². The first kappa shape index (κ1) is 24.0. The van der Waals surface area contributed by atoms with Gasteiger partial charge < -0.3 is 19.9 Å². The molecule has 0 unspecified atom stereocenters. The number of fused-ring (bicyclic) bond motifs is 1. The molecule has 2 aliphatic carbocycles. The van der Waals surface area contributed by atoms with Crippen molar-refractivity contribution in [1.82, 2.24) is 0 Å². The van der Waals surface area contributed by atoms with Crippen LogP contribution in [0.25, 0.3) is 0 Å². The van der Waals surface area contributed by atoms with Gasteiger partial charge >= 0.3 is 0 Å². The lowest BCUT2D eigenvalue weighted by atomic mass is 9.54. The minimum atomic E-state index is -1.74. The first-order chi connectivity index (χ1) is 15.6. The Balaban J connectivity index is 2.39. The number of nitriles is 3. The van der Waals surface area contributed by atoms with Crippen LogP contribution in [0.4, 0.5) is 0 Å². The number of ether oxygens (including phenoxy) is 3. The smallest absolute Gasteiger partial charge is 0.191 e. The lowest BCUT2D eigenvalue weighted by Crippen LogP contribution is -2.44. The standard InChI is InChI=1S/C26H30N4O3/c1-25(2,3)15-7-8-16-17(9-15)23(26(13-28,14-29)24(30)19(16)12-27)18-10-21(32-5)22(33-6)11-20(18)31-4/h8,10-11,15,17,23H,7,9,30H2,1-6H3/t15-,17+,23-/m1/s1. The molecule has 0 spiro atoms. The maximum atomic E-state index is 10.4. The van der Waals surface area contributed by atoms with Gasteiger partial charge in [0.2, 0.25) is 0 Å². The van der Waals surface area contributed by atoms with E-state index in [4.69, 9.17) is 19.9 Å². The second-order valence-electron chi connectivity index (χ2n) is 9.66. The number of allylic oxidation sites excluding steroid dienone is 4. The van der Waals surface area contributed by atoms with Gasteiger partial charge in [-0.3, -0.25) is 0 Å². The van der Waals surface area contributed by atoms with Gasteiger partial charge in [0.05, 0.1) is 44.7 Å². The summed E-state index contributed by atoms with van der Waals surface area (Å²) in [6.45, 7) is 6.55. The predicted octanol–water partition coefficient (Wildman–Crippen LogP) is 4.58. The lowest BCUT2D eigenvalue weighted by Gasteiger charge is -2.47. The predicted molar refractivity (Wildman–Crippen MR) is 123 cm³/mol. The second kappa shape index (κ2) is 8.72. The molecule has 33 heavy (non-hydrogen) atoms. The molecule has 0 aliphatic heterocycles. The van der Waals surface area contributed by atoms with E-state index in [1.165, 1.54) is 21.3 Å². The Morgan fingerprint density at radius 1 is 0.970 bits per heavy atom. The summed E-state index contributed by atoms with van der Waals surface area (Å²) in [5, 5.41) is 30.7. The number of methoxy groups -OCH3 is 3. The SMILES string of the molecule is COc1cc(OC)c([C@H]2[C@H]3C[C@H](C(C)(C)C)CC=C3C(C#N)=C(N)C2(C#N)C#N)cc1OC. The van der Waals surface area contributed by atoms with Crippen molar-refractivity contribution in [3.63, 3.8) is 0 Å². The fourth-order valence-corrected chi connectivity index (χ4v) is 5.24. The van der Waals surface area contributed by atoms with Crippen LogP contribution >= 0.6 is 0 Å². The molecule has 0 fully saturated rings. The fraction of sp³-hybridized carbons (Fsp3) is 0.500. The number of nitrogens with zero attached hydrogens (tertiary/aromatic N) is 3. The topological polar surface area (TPSA) is 125 Å². The molecule has 172 valence electrons. The maximum absolute atomic E-state index is 10.4. The van der Waals surface area contributed by atoms with Gasteiger partial charge in [0.1, 0.15) is 11.8 Å². The summed E-state index contributed by atoms with van der Waals surface area (Å²) in [5.41, 5.74) is 6.38. The van der Waals surface area contributed by atoms with Crippen LogP contribution in [0, 0.1) is 56.7 Å². The Morgan fingerprint density at radius 2 is 1.55 bits per heavy atom. The van der Waals surface area contributed by atoms with Crippen molar-refractivity contribution >= 4 is 0 Å². The van der Waals surface area contributed by atoms with E-state index in [0.29, 0.717) is 35.2 Å². The Morgan fingerprint density at radius 3 is 2.03 bits per heavy atom. The van der Waals surface area contributed by atoms with Crippen LogP contribution in [0.15, 0.2) is 35.1 Å². The van der Waals surface area contributed by atoms with Crippen molar-refractivity contribution < 1.29 is 14.2 Å². The number of rotatable bonds is 4. The van der Waals surface area contributed by atoms with E-state index in [-0.39, 0.29) is 22.6 Å². The molecule has 0 aromatic heterocycles. The molecule has 2 N–H and O–H groups in total. The normalized spacial score (nSPS) is 23.8. The molecule has 7 heteroatoms. The first-order valence-electron chi connectivity index (χ1n) is 10.9. The summed E-state index contributed by atoms with van der Waals surface area (Å²) in [5.74, 6) is 0.779. The average molecular weight is 447 g/mol. The number of benzene rings is 1. The van der Waals surface area contributed by atoms with E-state index in [2.05, 4.69) is 45.1 Å². The highest BCUT2D eigenvalue weighted by atomic mass is 16.5. The van der Waals surface area contributed by atoms with Gasteiger partial charge in [-0.1, -0.05) is 26.8 Å². The number of hydrogen-bond donors (Lipinski definition) is 1. The Hall–Kier alpha value is -3.63. The zero-order valence-corrected chi connectivity index (χ0v) is 20.0. The molecular formula is C26H30N4O3. The monoisotopic (exact) mass is 446 g/mol. The van der Waals surface area contributed by atoms with Crippen LogP contribution in [0.3, 0.4) is 0 Å². The van der Waals surface area contributed by atoms with Gasteiger partial charge in [-0.2, -0.15) is 15.8 Å². The van der Waals surface area contributed by atoms with Crippen molar-refractivity contribution in [2.24, 2.45) is 28.4 Å². The van der Waals surface area contributed by atoms with E-state index in [1.54, 1.807) is 12.1 Å². The highest BCUT2D eigenvalue weighted by molar-refractivity contribution is 5.62. The van der Waals surface area contributed by atoms with Gasteiger partial charge in [-0.15, -0.1) is 0 Å². The van der Waals surface area contributed by atoms with Gasteiger partial charge in [-0.05, 0) is 41.7 Å². The minimum Gasteiger partial charge on any atom is -0.496 e. The van der Waals surface area contributed by atoms with Gasteiger partial charge in [0.15, 0.2) is 16.9 Å². The van der Waals surface area contributed by atoms with Crippen LogP contribution in [0.5, 0.6) is 17.2 Å². The summed E-state index contributed by atoms with van der Waals surface area (Å²) >= 11 is 0. The average Bonchev–Trinajstić information content (AvgIpc) is 2.81. The maximum Gasteiger partial charge on any atom is 0.191 e. The Kier molecular flexibility index (Phi) is 6.35. The zero-order valence-electron chi connectivity index (χ0n) is 20.0. The molecule has 0 saturated heterocycles. The molecule has 0 radical (unpaired) electrons. The second-order valence-corrected chi connectivity index (χ2v) is 9.66. The van der Waals surface area contributed by atoms with E-state index in [0.717, 1.165) is 12.0 Å². The van der Waals surface area contributed by atoms with Gasteiger partial charge in [0, 0.05) is 17.5 Å². The largest absolute Gasteiger partial charge is 0.496 e. The molecule has 2 aliphatic rings. The first-order valence-corrected chi connectivity index (χ1v) is 10.9. The van der Waals surface area contributed by atoms with E-state index >= 15 is 0 Å². The van der Waals surface area contributed by atoms with Crippen LogP contribution in [0.2, 0.25) is 0 Å². The van der Waals surface area contributed by atoms with E-state index in [9.17, 15) is 15.8 Å². The van der Waals surface area contributed by atoms with Crippen LogP contribution in [-0.2, 0) is 0 Å². The molecule has 1 aromatic carbocycles. The molecular weight excluding hydrogens is 416 g/mol. The Labute approximate surface area is 195 Å². The molecule has 0 heterocycles. The van der Waals surface area contributed by atoms with Crippen LogP contribution in [0.1, 0.15) is 45.1 Å². The molecule has 3 rings (SSSR count). The molecule has 7 nitrogen and oxygen atoms in total. The third-order valence-electron chi connectivity index (χ3n) is 7.17. The number of nitrogens with two attached hydrogens (primary N) is 1. The summed E-state index contributed by atoms with van der Waals surface area (Å²) in [4.78, 5) is 0. The highest BCUT2D eigenvalue weighted by Gasteiger charge is 2.56.